The first-order chi connectivity index (χ1) is 17.4. The number of nitrogens with one attached hydrogen (secondary N) is 1. The number of nitrogens with zero attached hydrogens (tertiary/aromatic N) is 2. The molecule has 36 heavy (non-hydrogen) atoms. The van der Waals surface area contributed by atoms with Crippen molar-refractivity contribution in [3.8, 4) is 5.75 Å². The van der Waals surface area contributed by atoms with E-state index in [1.165, 1.54) is 0 Å². The van der Waals surface area contributed by atoms with Crippen molar-refractivity contribution in [2.75, 3.05) is 13.2 Å². The number of para-hydroxylation sites is 2. The molecule has 0 bridgehead atoms. The average molecular weight is 524 g/mol. The van der Waals surface area contributed by atoms with Crippen LogP contribution in [0.15, 0.2) is 60.7 Å². The van der Waals surface area contributed by atoms with Crippen LogP contribution in [0.2, 0.25) is 10.0 Å². The number of hydrogen-bond acceptors (Lipinski definition) is 3. The van der Waals surface area contributed by atoms with Crippen LogP contribution < -0.4 is 10.1 Å². The van der Waals surface area contributed by atoms with Gasteiger partial charge in [0.2, 0.25) is 0 Å². The topological polar surface area (TPSA) is 56.1 Å². The highest BCUT2D eigenvalue weighted by atomic mass is 35.5. The summed E-state index contributed by atoms with van der Waals surface area (Å²) in [5, 5.41) is 4.32. The second kappa shape index (κ2) is 12.3. The molecule has 0 atom stereocenters. The van der Waals surface area contributed by atoms with Crippen LogP contribution in [0.4, 0.5) is 0 Å². The maximum Gasteiger partial charge on any atom is 0.251 e. The third kappa shape index (κ3) is 6.59. The van der Waals surface area contributed by atoms with E-state index in [4.69, 9.17) is 32.9 Å². The number of halogens is 2. The van der Waals surface area contributed by atoms with Gasteiger partial charge in [0.05, 0.1) is 17.6 Å². The van der Waals surface area contributed by atoms with E-state index in [2.05, 4.69) is 16.0 Å². The molecule has 0 spiro atoms. The number of rotatable bonds is 11. The highest BCUT2D eigenvalue weighted by molar-refractivity contribution is 6.32. The Bertz CT molecular complexity index is 1330. The van der Waals surface area contributed by atoms with E-state index < -0.39 is 0 Å². The SMILES string of the molecule is Cc1cc(OCCn2c(CCCCCNC(=O)c3cccc(Cl)c3)nc3ccccc32)cc(C)c1Cl. The van der Waals surface area contributed by atoms with Crippen LogP contribution in [0.1, 0.15) is 46.6 Å². The molecule has 0 aliphatic heterocycles. The zero-order valence-corrected chi connectivity index (χ0v) is 22.2. The van der Waals surface area contributed by atoms with E-state index in [1.54, 1.807) is 24.3 Å². The zero-order chi connectivity index (χ0) is 25.5. The summed E-state index contributed by atoms with van der Waals surface area (Å²) in [5.74, 6) is 1.80. The molecule has 0 unspecified atom stereocenters. The van der Waals surface area contributed by atoms with Crippen LogP contribution in [-0.4, -0.2) is 28.6 Å². The van der Waals surface area contributed by atoms with E-state index in [-0.39, 0.29) is 5.91 Å². The molecule has 4 rings (SSSR count). The second-order valence-corrected chi connectivity index (χ2v) is 9.78. The van der Waals surface area contributed by atoms with Gasteiger partial charge in [-0.1, -0.05) is 47.8 Å². The normalized spacial score (nSPS) is 11.1. The molecule has 1 aromatic heterocycles. The van der Waals surface area contributed by atoms with Crippen LogP contribution in [0.3, 0.4) is 0 Å². The molecule has 1 amide bonds. The molecule has 0 saturated heterocycles. The molecule has 1 N–H and O–H groups in total. The number of ether oxygens (including phenoxy) is 1. The van der Waals surface area contributed by atoms with Gasteiger partial charge in [-0.15, -0.1) is 0 Å². The minimum absolute atomic E-state index is 0.0923. The van der Waals surface area contributed by atoms with Gasteiger partial charge < -0.3 is 14.6 Å². The summed E-state index contributed by atoms with van der Waals surface area (Å²) in [6.07, 6.45) is 3.77. The third-order valence-corrected chi connectivity index (χ3v) is 7.01. The van der Waals surface area contributed by atoms with Crippen LogP contribution in [0.5, 0.6) is 5.75 Å². The van der Waals surface area contributed by atoms with Gasteiger partial charge in [0.25, 0.3) is 5.91 Å². The van der Waals surface area contributed by atoms with Gasteiger partial charge in [0, 0.05) is 28.6 Å². The van der Waals surface area contributed by atoms with Crippen LogP contribution in [-0.2, 0) is 13.0 Å². The highest BCUT2D eigenvalue weighted by Crippen LogP contribution is 2.26. The second-order valence-electron chi connectivity index (χ2n) is 8.96. The average Bonchev–Trinajstić information content (AvgIpc) is 3.21. The fraction of sp³-hybridized carbons (Fsp3) is 0.310. The number of unbranched alkanes of at least 4 members (excludes halogenated alkanes) is 2. The van der Waals surface area contributed by atoms with Gasteiger partial charge in [-0.3, -0.25) is 4.79 Å². The Balaban J connectivity index is 1.29. The fourth-order valence-corrected chi connectivity index (χ4v) is 4.63. The molecule has 3 aromatic carbocycles. The quantitative estimate of drug-likeness (QED) is 0.212. The predicted molar refractivity (Wildman–Crippen MR) is 147 cm³/mol. The first-order valence-electron chi connectivity index (χ1n) is 12.3. The lowest BCUT2D eigenvalue weighted by Crippen LogP contribution is -2.24. The molecule has 188 valence electrons. The Morgan fingerprint density at radius 3 is 2.53 bits per heavy atom. The van der Waals surface area contributed by atoms with E-state index >= 15 is 0 Å². The van der Waals surface area contributed by atoms with Crippen molar-refractivity contribution in [2.24, 2.45) is 0 Å². The van der Waals surface area contributed by atoms with Crippen molar-refractivity contribution in [3.05, 3.63) is 93.2 Å². The molecule has 0 radical (unpaired) electrons. The molecule has 4 aromatic rings. The number of benzene rings is 3. The first-order valence-corrected chi connectivity index (χ1v) is 13.1. The number of fused-ring (bicyclic) bond motifs is 1. The molecule has 0 saturated carbocycles. The molecule has 0 aliphatic rings. The highest BCUT2D eigenvalue weighted by Gasteiger charge is 2.11. The maximum atomic E-state index is 12.3. The van der Waals surface area contributed by atoms with E-state index in [0.717, 1.165) is 64.4 Å². The minimum Gasteiger partial charge on any atom is -0.492 e. The van der Waals surface area contributed by atoms with Crippen LogP contribution in [0.25, 0.3) is 11.0 Å². The number of carbonyl (C=O) groups excluding carboxylic acids is 1. The van der Waals surface area contributed by atoms with Gasteiger partial charge in [0.15, 0.2) is 0 Å². The van der Waals surface area contributed by atoms with E-state index in [0.29, 0.717) is 30.3 Å². The summed E-state index contributed by atoms with van der Waals surface area (Å²) in [4.78, 5) is 17.1. The minimum atomic E-state index is -0.0923. The number of aryl methyl sites for hydroxylation is 3. The Hall–Kier alpha value is -3.02. The van der Waals surface area contributed by atoms with Gasteiger partial charge in [-0.25, -0.2) is 4.98 Å². The molecule has 1 heterocycles. The fourth-order valence-electron chi connectivity index (χ4n) is 4.33. The molecular weight excluding hydrogens is 493 g/mol. The zero-order valence-electron chi connectivity index (χ0n) is 20.7. The number of aromatic nitrogens is 2. The summed E-state index contributed by atoms with van der Waals surface area (Å²) in [5.41, 5.74) is 4.74. The number of imidazole rings is 1. The summed E-state index contributed by atoms with van der Waals surface area (Å²) in [7, 11) is 0. The van der Waals surface area contributed by atoms with Crippen molar-refractivity contribution < 1.29 is 9.53 Å². The summed E-state index contributed by atoms with van der Waals surface area (Å²) in [6.45, 7) is 5.88. The summed E-state index contributed by atoms with van der Waals surface area (Å²) >= 11 is 12.3. The molecule has 7 heteroatoms. The third-order valence-electron chi connectivity index (χ3n) is 6.18. The summed E-state index contributed by atoms with van der Waals surface area (Å²) in [6, 6.07) is 19.2. The van der Waals surface area contributed by atoms with Gasteiger partial charge >= 0.3 is 0 Å². The molecule has 0 aliphatic carbocycles. The van der Waals surface area contributed by atoms with Crippen molar-refractivity contribution in [2.45, 2.75) is 46.1 Å². The monoisotopic (exact) mass is 523 g/mol. The lowest BCUT2D eigenvalue weighted by molar-refractivity contribution is 0.0953. The van der Waals surface area contributed by atoms with Crippen molar-refractivity contribution in [1.82, 2.24) is 14.9 Å². The standard InChI is InChI=1S/C29H31Cl2N3O2/c1-20-17-24(18-21(2)28(20)31)36-16-15-34-26-12-6-5-11-25(26)33-27(34)13-4-3-7-14-32-29(35)22-9-8-10-23(30)19-22/h5-6,8-12,17-19H,3-4,7,13-16H2,1-2H3,(H,32,35). The molecular formula is C29H31Cl2N3O2. The maximum absolute atomic E-state index is 12.3. The smallest absolute Gasteiger partial charge is 0.251 e. The largest absolute Gasteiger partial charge is 0.492 e. The lowest BCUT2D eigenvalue weighted by Gasteiger charge is -2.13. The van der Waals surface area contributed by atoms with Crippen molar-refractivity contribution >= 4 is 40.1 Å². The lowest BCUT2D eigenvalue weighted by atomic mass is 10.1. The molecule has 0 fully saturated rings. The first kappa shape index (κ1) is 26.1. The number of carbonyl (C=O) groups is 1. The Morgan fingerprint density at radius 2 is 1.75 bits per heavy atom. The van der Waals surface area contributed by atoms with Gasteiger partial charge in [-0.2, -0.15) is 0 Å². The summed E-state index contributed by atoms with van der Waals surface area (Å²) < 4.78 is 8.32. The predicted octanol–water partition coefficient (Wildman–Crippen LogP) is 7.18. The van der Waals surface area contributed by atoms with Crippen LogP contribution in [0, 0.1) is 13.8 Å². The Kier molecular flexibility index (Phi) is 8.89. The van der Waals surface area contributed by atoms with Gasteiger partial charge in [-0.05, 0) is 80.3 Å². The number of hydrogen-bond donors (Lipinski definition) is 1. The molecule has 5 nitrogen and oxygen atoms in total. The van der Waals surface area contributed by atoms with E-state index in [1.807, 2.05) is 44.2 Å². The Labute approximate surface area is 222 Å². The van der Waals surface area contributed by atoms with Gasteiger partial charge in [0.1, 0.15) is 18.2 Å². The van der Waals surface area contributed by atoms with Crippen LogP contribution >= 0.6 is 23.2 Å². The van der Waals surface area contributed by atoms with Crippen molar-refractivity contribution in [1.29, 1.82) is 0 Å². The Morgan fingerprint density at radius 1 is 0.972 bits per heavy atom. The number of amides is 1. The van der Waals surface area contributed by atoms with E-state index in [9.17, 15) is 4.79 Å². The van der Waals surface area contributed by atoms with Crippen molar-refractivity contribution in [3.63, 3.8) is 0 Å².